The number of fused-ring (bicyclic) bond motifs is 1. The van der Waals surface area contributed by atoms with Gasteiger partial charge in [-0.05, 0) is 37.0 Å². The van der Waals surface area contributed by atoms with Crippen LogP contribution in [0.25, 0.3) is 11.0 Å². The van der Waals surface area contributed by atoms with Crippen molar-refractivity contribution < 1.29 is 9.53 Å². The van der Waals surface area contributed by atoms with Gasteiger partial charge in [-0.15, -0.1) is 0 Å². The molecular weight excluding hydrogens is 358 g/mol. The molecule has 4 rings (SSSR count). The fourth-order valence-electron chi connectivity index (χ4n) is 3.43. The Labute approximate surface area is 163 Å². The average Bonchev–Trinajstić information content (AvgIpc) is 3.14. The van der Waals surface area contributed by atoms with Crippen LogP contribution in [0.2, 0.25) is 0 Å². The molecule has 27 heavy (non-hydrogen) atoms. The van der Waals surface area contributed by atoms with Gasteiger partial charge in [0.15, 0.2) is 5.16 Å². The first-order valence-electron chi connectivity index (χ1n) is 9.29. The van der Waals surface area contributed by atoms with E-state index in [0.717, 1.165) is 53.4 Å². The van der Waals surface area contributed by atoms with Gasteiger partial charge in [-0.1, -0.05) is 42.1 Å². The smallest absolute Gasteiger partial charge is 0.240 e. The van der Waals surface area contributed by atoms with Gasteiger partial charge >= 0.3 is 0 Å². The van der Waals surface area contributed by atoms with Gasteiger partial charge in [-0.2, -0.15) is 0 Å². The number of methoxy groups -OCH3 is 1. The van der Waals surface area contributed by atoms with Crippen molar-refractivity contribution in [3.05, 3.63) is 54.1 Å². The van der Waals surface area contributed by atoms with Crippen LogP contribution in [0.15, 0.2) is 53.7 Å². The SMILES string of the molecule is COc1ccc2nc(SC(C(=O)N3CCCCC3)c3ccccc3)[nH]c2c1. The topological polar surface area (TPSA) is 58.2 Å². The van der Waals surface area contributed by atoms with E-state index in [9.17, 15) is 4.79 Å². The highest BCUT2D eigenvalue weighted by Gasteiger charge is 2.28. The monoisotopic (exact) mass is 381 g/mol. The van der Waals surface area contributed by atoms with E-state index in [0.29, 0.717) is 0 Å². The van der Waals surface area contributed by atoms with Gasteiger partial charge in [0, 0.05) is 19.2 Å². The van der Waals surface area contributed by atoms with Crippen LogP contribution in [0.4, 0.5) is 0 Å². The lowest BCUT2D eigenvalue weighted by atomic mass is 10.1. The molecule has 2 aromatic carbocycles. The van der Waals surface area contributed by atoms with Crippen molar-refractivity contribution in [2.75, 3.05) is 20.2 Å². The number of nitrogens with one attached hydrogen (secondary N) is 1. The Morgan fingerprint density at radius 3 is 2.67 bits per heavy atom. The van der Waals surface area contributed by atoms with E-state index < -0.39 is 0 Å². The molecule has 3 aromatic rings. The summed E-state index contributed by atoms with van der Waals surface area (Å²) in [7, 11) is 1.65. The first-order valence-corrected chi connectivity index (χ1v) is 10.2. The van der Waals surface area contributed by atoms with Gasteiger partial charge in [0.05, 0.1) is 18.1 Å². The number of benzene rings is 2. The Morgan fingerprint density at radius 2 is 1.93 bits per heavy atom. The first kappa shape index (κ1) is 17.9. The second kappa shape index (κ2) is 8.05. The Bertz CT molecular complexity index is 920. The maximum atomic E-state index is 13.3. The molecule has 1 aliphatic heterocycles. The molecule has 0 bridgehead atoms. The van der Waals surface area contributed by atoms with Crippen molar-refractivity contribution in [2.45, 2.75) is 29.7 Å². The summed E-state index contributed by atoms with van der Waals surface area (Å²) >= 11 is 1.48. The standard InChI is InChI=1S/C21H23N3O2S/c1-26-16-10-11-17-18(14-16)23-21(22-17)27-19(15-8-4-2-5-9-15)20(25)24-12-6-3-7-13-24/h2,4-5,8-11,14,19H,3,6-7,12-13H2,1H3,(H,22,23). The zero-order valence-electron chi connectivity index (χ0n) is 15.4. The van der Waals surface area contributed by atoms with Crippen molar-refractivity contribution in [2.24, 2.45) is 0 Å². The van der Waals surface area contributed by atoms with Gasteiger partial charge < -0.3 is 14.6 Å². The van der Waals surface area contributed by atoms with Crippen LogP contribution in [0.1, 0.15) is 30.1 Å². The van der Waals surface area contributed by atoms with E-state index in [1.807, 2.05) is 53.4 Å². The molecule has 6 heteroatoms. The summed E-state index contributed by atoms with van der Waals surface area (Å²) in [5.41, 5.74) is 2.79. The molecule has 1 aliphatic rings. The number of piperidine rings is 1. The lowest BCUT2D eigenvalue weighted by molar-refractivity contribution is -0.131. The number of aromatic nitrogens is 2. The van der Waals surface area contributed by atoms with E-state index in [1.54, 1.807) is 7.11 Å². The number of ether oxygens (including phenoxy) is 1. The Balaban J connectivity index is 1.63. The number of likely N-dealkylation sites (tertiary alicyclic amines) is 1. The van der Waals surface area contributed by atoms with Crippen LogP contribution in [0.5, 0.6) is 5.75 Å². The minimum atomic E-state index is -0.299. The minimum absolute atomic E-state index is 0.170. The minimum Gasteiger partial charge on any atom is -0.497 e. The summed E-state index contributed by atoms with van der Waals surface area (Å²) in [6.07, 6.45) is 3.38. The van der Waals surface area contributed by atoms with Crippen molar-refractivity contribution in [3.63, 3.8) is 0 Å². The van der Waals surface area contributed by atoms with Crippen LogP contribution < -0.4 is 4.74 Å². The normalized spacial score (nSPS) is 15.7. The average molecular weight is 382 g/mol. The molecule has 0 aliphatic carbocycles. The van der Waals surface area contributed by atoms with Crippen molar-refractivity contribution >= 4 is 28.7 Å². The van der Waals surface area contributed by atoms with Gasteiger partial charge in [0.2, 0.25) is 5.91 Å². The van der Waals surface area contributed by atoms with Gasteiger partial charge in [0.1, 0.15) is 11.0 Å². The maximum Gasteiger partial charge on any atom is 0.240 e. The summed E-state index contributed by atoms with van der Waals surface area (Å²) < 4.78 is 5.28. The molecule has 0 spiro atoms. The molecule has 1 aromatic heterocycles. The second-order valence-electron chi connectivity index (χ2n) is 6.72. The summed E-state index contributed by atoms with van der Waals surface area (Å²) in [5, 5.41) is 0.448. The van der Waals surface area contributed by atoms with Gasteiger partial charge in [-0.25, -0.2) is 4.98 Å². The highest BCUT2D eigenvalue weighted by molar-refractivity contribution is 8.00. The van der Waals surface area contributed by atoms with Gasteiger partial charge in [0.25, 0.3) is 0 Å². The number of carbonyl (C=O) groups is 1. The van der Waals surface area contributed by atoms with Crippen molar-refractivity contribution in [1.82, 2.24) is 14.9 Å². The number of rotatable bonds is 5. The number of aromatic amines is 1. The zero-order valence-corrected chi connectivity index (χ0v) is 16.2. The largest absolute Gasteiger partial charge is 0.497 e. The number of hydrogen-bond donors (Lipinski definition) is 1. The summed E-state index contributed by atoms with van der Waals surface area (Å²) in [6.45, 7) is 1.69. The van der Waals surface area contributed by atoms with E-state index in [-0.39, 0.29) is 11.2 Å². The molecule has 1 unspecified atom stereocenters. The van der Waals surface area contributed by atoms with E-state index in [2.05, 4.69) is 9.97 Å². The fourth-order valence-corrected chi connectivity index (χ4v) is 4.52. The highest BCUT2D eigenvalue weighted by atomic mass is 32.2. The lowest BCUT2D eigenvalue weighted by Gasteiger charge is -2.30. The molecule has 1 fully saturated rings. The summed E-state index contributed by atoms with van der Waals surface area (Å²) in [4.78, 5) is 23.3. The number of amides is 1. The zero-order chi connectivity index (χ0) is 18.6. The molecule has 1 amide bonds. The molecule has 1 N–H and O–H groups in total. The number of hydrogen-bond acceptors (Lipinski definition) is 4. The van der Waals surface area contributed by atoms with Crippen molar-refractivity contribution in [1.29, 1.82) is 0 Å². The molecule has 0 radical (unpaired) electrons. The van der Waals surface area contributed by atoms with Crippen LogP contribution in [-0.4, -0.2) is 41.0 Å². The third-order valence-electron chi connectivity index (χ3n) is 4.89. The van der Waals surface area contributed by atoms with Crippen LogP contribution in [0, 0.1) is 0 Å². The van der Waals surface area contributed by atoms with E-state index >= 15 is 0 Å². The molecular formula is C21H23N3O2S. The Kier molecular flexibility index (Phi) is 5.34. The Hall–Kier alpha value is -2.47. The van der Waals surface area contributed by atoms with Crippen LogP contribution in [-0.2, 0) is 4.79 Å². The first-order chi connectivity index (χ1) is 13.2. The number of H-pyrrole nitrogens is 1. The lowest BCUT2D eigenvalue weighted by Crippen LogP contribution is -2.38. The van der Waals surface area contributed by atoms with Crippen molar-refractivity contribution in [3.8, 4) is 5.75 Å². The molecule has 1 saturated heterocycles. The summed E-state index contributed by atoms with van der Waals surface area (Å²) in [5.74, 6) is 0.954. The number of thioether (sulfide) groups is 1. The third-order valence-corrected chi connectivity index (χ3v) is 6.02. The van der Waals surface area contributed by atoms with E-state index in [1.165, 1.54) is 18.2 Å². The molecule has 140 valence electrons. The predicted octanol–water partition coefficient (Wildman–Crippen LogP) is 4.42. The quantitative estimate of drug-likeness (QED) is 0.665. The predicted molar refractivity (Wildman–Crippen MR) is 108 cm³/mol. The third kappa shape index (κ3) is 3.95. The van der Waals surface area contributed by atoms with Crippen LogP contribution >= 0.6 is 11.8 Å². The van der Waals surface area contributed by atoms with Crippen LogP contribution in [0.3, 0.4) is 0 Å². The molecule has 5 nitrogen and oxygen atoms in total. The second-order valence-corrected chi connectivity index (χ2v) is 7.81. The number of nitrogens with zero attached hydrogens (tertiary/aromatic N) is 2. The van der Waals surface area contributed by atoms with E-state index in [4.69, 9.17) is 4.74 Å². The molecule has 2 heterocycles. The summed E-state index contributed by atoms with van der Waals surface area (Å²) in [6, 6.07) is 15.7. The number of imidazole rings is 1. The van der Waals surface area contributed by atoms with Gasteiger partial charge in [-0.3, -0.25) is 4.79 Å². The molecule has 0 saturated carbocycles. The number of carbonyl (C=O) groups excluding carboxylic acids is 1. The maximum absolute atomic E-state index is 13.3. The molecule has 1 atom stereocenters. The highest BCUT2D eigenvalue weighted by Crippen LogP contribution is 2.37. The Morgan fingerprint density at radius 1 is 1.15 bits per heavy atom. The fraction of sp³-hybridized carbons (Fsp3) is 0.333.